The van der Waals surface area contributed by atoms with Gasteiger partial charge in [-0.1, -0.05) is 0 Å². The van der Waals surface area contributed by atoms with E-state index in [4.69, 9.17) is 5.73 Å². The maximum absolute atomic E-state index is 13.8. The zero-order valence-electron chi connectivity index (χ0n) is 8.71. The van der Waals surface area contributed by atoms with Crippen LogP contribution in [0.25, 0.3) is 17.0 Å². The Balaban J connectivity index is 2.27. The van der Waals surface area contributed by atoms with Gasteiger partial charge in [0.1, 0.15) is 5.82 Å². The molecular weight excluding hydrogens is 221 g/mol. The number of fused-ring (bicyclic) bond motifs is 1. The number of halogens is 1. The molecule has 2 aromatic heterocycles. The third kappa shape index (κ3) is 1.50. The molecule has 0 unspecified atom stereocenters. The third-order valence-electron chi connectivity index (χ3n) is 2.41. The Morgan fingerprint density at radius 1 is 1.18 bits per heavy atom. The summed E-state index contributed by atoms with van der Waals surface area (Å²) in [5.41, 5.74) is 6.76. The predicted molar refractivity (Wildman–Crippen MR) is 60.6 cm³/mol. The smallest absolute Gasteiger partial charge is 0.188 e. The zero-order valence-corrected chi connectivity index (χ0v) is 8.71. The molecule has 2 heterocycles. The summed E-state index contributed by atoms with van der Waals surface area (Å²) >= 11 is 0. The molecule has 6 heteroatoms. The molecule has 0 atom stereocenters. The Kier molecular flexibility index (Phi) is 2.01. The van der Waals surface area contributed by atoms with E-state index in [1.165, 1.54) is 10.6 Å². The van der Waals surface area contributed by atoms with Crippen molar-refractivity contribution >= 4 is 11.3 Å². The summed E-state index contributed by atoms with van der Waals surface area (Å²) in [4.78, 5) is 0. The second-order valence-electron chi connectivity index (χ2n) is 3.56. The van der Waals surface area contributed by atoms with Crippen LogP contribution >= 0.6 is 0 Å². The molecule has 0 saturated heterocycles. The fraction of sp³-hybridized carbons (Fsp3) is 0. The van der Waals surface area contributed by atoms with Crippen molar-refractivity contribution < 1.29 is 4.39 Å². The van der Waals surface area contributed by atoms with E-state index in [0.29, 0.717) is 22.7 Å². The predicted octanol–water partition coefficient (Wildman–Crippen LogP) is 1.51. The van der Waals surface area contributed by atoms with Crippen LogP contribution in [0.15, 0.2) is 36.5 Å². The molecule has 3 rings (SSSR count). The average Bonchev–Trinajstić information content (AvgIpc) is 2.73. The highest BCUT2D eigenvalue weighted by Gasteiger charge is 2.12. The molecule has 3 aromatic rings. The Morgan fingerprint density at radius 3 is 2.88 bits per heavy atom. The van der Waals surface area contributed by atoms with Gasteiger partial charge in [-0.25, -0.2) is 4.39 Å². The fourth-order valence-corrected chi connectivity index (χ4v) is 1.62. The molecule has 5 nitrogen and oxygen atoms in total. The molecule has 0 aliphatic rings. The molecule has 0 aliphatic carbocycles. The average molecular weight is 229 g/mol. The number of nitrogen functional groups attached to an aromatic ring is 1. The number of rotatable bonds is 1. The second kappa shape index (κ2) is 3.51. The van der Waals surface area contributed by atoms with Gasteiger partial charge < -0.3 is 5.73 Å². The van der Waals surface area contributed by atoms with Crippen molar-refractivity contribution in [2.75, 3.05) is 5.73 Å². The molecule has 0 aliphatic heterocycles. The summed E-state index contributed by atoms with van der Waals surface area (Å²) in [7, 11) is 0. The Bertz CT molecular complexity index is 691. The van der Waals surface area contributed by atoms with Gasteiger partial charge >= 0.3 is 0 Å². The molecule has 0 radical (unpaired) electrons. The van der Waals surface area contributed by atoms with Crippen molar-refractivity contribution in [3.05, 3.63) is 42.3 Å². The summed E-state index contributed by atoms with van der Waals surface area (Å²) in [6, 6.07) is 7.92. The van der Waals surface area contributed by atoms with E-state index in [2.05, 4.69) is 15.3 Å². The van der Waals surface area contributed by atoms with Crippen LogP contribution in [0.2, 0.25) is 0 Å². The highest BCUT2D eigenvalue weighted by molar-refractivity contribution is 5.62. The molecule has 17 heavy (non-hydrogen) atoms. The van der Waals surface area contributed by atoms with Crippen LogP contribution in [0.5, 0.6) is 0 Å². The van der Waals surface area contributed by atoms with Crippen LogP contribution in [0, 0.1) is 5.82 Å². The highest BCUT2D eigenvalue weighted by atomic mass is 19.1. The second-order valence-corrected chi connectivity index (χ2v) is 3.56. The normalized spacial score (nSPS) is 10.9. The minimum absolute atomic E-state index is 0.324. The Labute approximate surface area is 95.7 Å². The molecule has 0 saturated carbocycles. The van der Waals surface area contributed by atoms with Gasteiger partial charge in [0.15, 0.2) is 11.5 Å². The van der Waals surface area contributed by atoms with Gasteiger partial charge in [0.25, 0.3) is 0 Å². The van der Waals surface area contributed by atoms with Crippen molar-refractivity contribution in [3.63, 3.8) is 0 Å². The molecular formula is C11H8FN5. The van der Waals surface area contributed by atoms with Crippen LogP contribution < -0.4 is 5.73 Å². The van der Waals surface area contributed by atoms with E-state index in [9.17, 15) is 4.39 Å². The lowest BCUT2D eigenvalue weighted by Crippen LogP contribution is -1.96. The summed E-state index contributed by atoms with van der Waals surface area (Å²) in [5.74, 6) is -0.0805. The largest absolute Gasteiger partial charge is 0.399 e. The van der Waals surface area contributed by atoms with Gasteiger partial charge in [0, 0.05) is 11.9 Å². The van der Waals surface area contributed by atoms with Gasteiger partial charge in [-0.2, -0.15) is 9.61 Å². The zero-order chi connectivity index (χ0) is 11.8. The van der Waals surface area contributed by atoms with Crippen LogP contribution in [0.1, 0.15) is 0 Å². The maximum Gasteiger partial charge on any atom is 0.188 e. The first-order valence-corrected chi connectivity index (χ1v) is 4.97. The van der Waals surface area contributed by atoms with Gasteiger partial charge in [-0.15, -0.1) is 10.2 Å². The number of nitrogens with zero attached hydrogens (tertiary/aromatic N) is 4. The topological polar surface area (TPSA) is 69.1 Å². The van der Waals surface area contributed by atoms with Gasteiger partial charge in [0.05, 0.1) is 5.56 Å². The summed E-state index contributed by atoms with van der Waals surface area (Å²) in [5, 5.41) is 11.9. The van der Waals surface area contributed by atoms with Crippen LogP contribution in [-0.2, 0) is 0 Å². The number of hydrogen-bond donors (Lipinski definition) is 1. The molecule has 84 valence electrons. The monoisotopic (exact) mass is 229 g/mol. The van der Waals surface area contributed by atoms with Crippen molar-refractivity contribution in [2.45, 2.75) is 0 Å². The number of nitrogens with two attached hydrogens (primary N) is 1. The quantitative estimate of drug-likeness (QED) is 0.642. The van der Waals surface area contributed by atoms with Gasteiger partial charge in [-0.3, -0.25) is 0 Å². The van der Waals surface area contributed by atoms with E-state index in [0.717, 1.165) is 0 Å². The first kappa shape index (κ1) is 9.71. The minimum Gasteiger partial charge on any atom is -0.399 e. The molecule has 1 aromatic carbocycles. The van der Waals surface area contributed by atoms with Gasteiger partial charge in [0.2, 0.25) is 0 Å². The van der Waals surface area contributed by atoms with Crippen molar-refractivity contribution in [1.29, 1.82) is 0 Å². The standard InChI is InChI=1S/C11H8FN5/c12-9-6-7(13)3-4-8(9)11-16-15-10-2-1-5-14-17(10)11/h1-6H,13H2. The maximum atomic E-state index is 13.8. The molecule has 0 fully saturated rings. The molecule has 0 amide bonds. The van der Waals surface area contributed by atoms with E-state index in [1.54, 1.807) is 30.5 Å². The van der Waals surface area contributed by atoms with Crippen molar-refractivity contribution in [3.8, 4) is 11.4 Å². The van der Waals surface area contributed by atoms with E-state index in [-0.39, 0.29) is 0 Å². The van der Waals surface area contributed by atoms with E-state index in [1.807, 2.05) is 0 Å². The van der Waals surface area contributed by atoms with Crippen molar-refractivity contribution in [1.82, 2.24) is 19.8 Å². The van der Waals surface area contributed by atoms with E-state index >= 15 is 0 Å². The molecule has 2 N–H and O–H groups in total. The number of anilines is 1. The van der Waals surface area contributed by atoms with Crippen LogP contribution in [0.3, 0.4) is 0 Å². The van der Waals surface area contributed by atoms with Crippen molar-refractivity contribution in [2.24, 2.45) is 0 Å². The van der Waals surface area contributed by atoms with E-state index < -0.39 is 5.82 Å². The van der Waals surface area contributed by atoms with Gasteiger partial charge in [-0.05, 0) is 30.3 Å². The summed E-state index contributed by atoms with van der Waals surface area (Å²) < 4.78 is 15.2. The molecule has 0 bridgehead atoms. The number of aromatic nitrogens is 4. The SMILES string of the molecule is Nc1ccc(-c2nnc3cccnn23)c(F)c1. The first-order chi connectivity index (χ1) is 8.25. The summed E-state index contributed by atoms with van der Waals surface area (Å²) in [6.07, 6.45) is 1.59. The Hall–Kier alpha value is -2.50. The van der Waals surface area contributed by atoms with Crippen LogP contribution in [0.4, 0.5) is 10.1 Å². The first-order valence-electron chi connectivity index (χ1n) is 4.97. The number of benzene rings is 1. The lowest BCUT2D eigenvalue weighted by Gasteiger charge is -2.01. The lowest BCUT2D eigenvalue weighted by atomic mass is 10.2. The minimum atomic E-state index is -0.440. The molecule has 0 spiro atoms. The van der Waals surface area contributed by atoms with Crippen LogP contribution in [-0.4, -0.2) is 19.8 Å². The Morgan fingerprint density at radius 2 is 2.06 bits per heavy atom. The highest BCUT2D eigenvalue weighted by Crippen LogP contribution is 2.22. The summed E-state index contributed by atoms with van der Waals surface area (Å²) in [6.45, 7) is 0. The number of hydrogen-bond acceptors (Lipinski definition) is 4. The lowest BCUT2D eigenvalue weighted by molar-refractivity contribution is 0.629. The fourth-order valence-electron chi connectivity index (χ4n) is 1.62. The third-order valence-corrected chi connectivity index (χ3v) is 2.41.